The number of quaternary nitrogens is 1. The van der Waals surface area contributed by atoms with E-state index in [0.29, 0.717) is 11.0 Å². The molecule has 1 atom stereocenters. The maximum Gasteiger partial charge on any atom is 0.336 e. The highest BCUT2D eigenvalue weighted by Crippen LogP contribution is 2.15. The highest BCUT2D eigenvalue weighted by molar-refractivity contribution is 5.88. The van der Waals surface area contributed by atoms with Crippen LogP contribution in [-0.2, 0) is 19.2 Å². The van der Waals surface area contributed by atoms with Gasteiger partial charge in [0.05, 0.1) is 34.0 Å². The van der Waals surface area contributed by atoms with Crippen molar-refractivity contribution in [2.75, 3.05) is 27.7 Å². The third kappa shape index (κ3) is 13.4. The Hall–Kier alpha value is -2.24. The second kappa shape index (κ2) is 9.80. The van der Waals surface area contributed by atoms with Crippen molar-refractivity contribution < 1.29 is 54.3 Å². The minimum Gasteiger partial charge on any atom is -0.550 e. The Morgan fingerprint density at radius 2 is 1.38 bits per heavy atom. The van der Waals surface area contributed by atoms with Crippen molar-refractivity contribution in [1.29, 1.82) is 0 Å². The van der Waals surface area contributed by atoms with Crippen LogP contribution in [-0.4, -0.2) is 93.3 Å². The van der Waals surface area contributed by atoms with E-state index < -0.39 is 48.4 Å². The van der Waals surface area contributed by atoms with E-state index in [2.05, 4.69) is 0 Å². The molecule has 0 saturated heterocycles. The lowest BCUT2D eigenvalue weighted by molar-refractivity contribution is -0.873. The second-order valence-electron chi connectivity index (χ2n) is 6.18. The predicted octanol–water partition coefficient (Wildman–Crippen LogP) is -3.05. The van der Waals surface area contributed by atoms with Gasteiger partial charge >= 0.3 is 17.9 Å². The fourth-order valence-electron chi connectivity index (χ4n) is 1.60. The van der Waals surface area contributed by atoms with Crippen LogP contribution < -0.4 is 5.11 Å². The van der Waals surface area contributed by atoms with E-state index in [0.717, 1.165) is 0 Å². The molecule has 0 spiro atoms. The van der Waals surface area contributed by atoms with Crippen molar-refractivity contribution in [2.24, 2.45) is 0 Å². The van der Waals surface area contributed by atoms with E-state index in [1.54, 1.807) is 0 Å². The summed E-state index contributed by atoms with van der Waals surface area (Å²) >= 11 is 0. The van der Waals surface area contributed by atoms with Gasteiger partial charge in [-0.3, -0.25) is 9.59 Å². The summed E-state index contributed by atoms with van der Waals surface area (Å²) in [5.41, 5.74) is -2.74. The van der Waals surface area contributed by atoms with Gasteiger partial charge in [-0.2, -0.15) is 0 Å². The number of carbonyl (C=O) groups is 4. The van der Waals surface area contributed by atoms with Crippen LogP contribution in [0.4, 0.5) is 0 Å². The topological polar surface area (TPSA) is 192 Å². The van der Waals surface area contributed by atoms with Crippen LogP contribution in [0.15, 0.2) is 0 Å². The first-order valence-electron chi connectivity index (χ1n) is 6.67. The number of likely N-dealkylation sites (N-methyl/N-ethyl adjacent to an activating group) is 1. The molecular formula is C13H23NO10. The number of carboxylic acid groups (broad SMARTS) is 4. The highest BCUT2D eigenvalue weighted by atomic mass is 16.4. The summed E-state index contributed by atoms with van der Waals surface area (Å²) in [4.78, 5) is 40.5. The number of aliphatic hydroxyl groups excluding tert-OH is 1. The quantitative estimate of drug-likeness (QED) is 0.266. The summed E-state index contributed by atoms with van der Waals surface area (Å²) < 4.78 is 0.550. The summed E-state index contributed by atoms with van der Waals surface area (Å²) in [6.45, 7) is 0.425. The Balaban J connectivity index is 0. The van der Waals surface area contributed by atoms with Gasteiger partial charge in [-0.1, -0.05) is 0 Å². The lowest BCUT2D eigenvalue weighted by atomic mass is 9.96. The molecule has 0 heterocycles. The Bertz CT molecular complexity index is 452. The van der Waals surface area contributed by atoms with Gasteiger partial charge in [0.15, 0.2) is 5.60 Å². The van der Waals surface area contributed by atoms with E-state index >= 15 is 0 Å². The zero-order valence-electron chi connectivity index (χ0n) is 13.6. The molecule has 0 bridgehead atoms. The summed E-state index contributed by atoms with van der Waals surface area (Å²) in [6.07, 6.45) is -3.38. The maximum absolute atomic E-state index is 10.3. The van der Waals surface area contributed by atoms with Gasteiger partial charge in [0.1, 0.15) is 12.6 Å². The number of aliphatic hydroxyl groups is 2. The third-order valence-electron chi connectivity index (χ3n) is 2.45. The van der Waals surface area contributed by atoms with Crippen LogP contribution in [0.3, 0.4) is 0 Å². The average molecular weight is 353 g/mol. The van der Waals surface area contributed by atoms with E-state index in [9.17, 15) is 24.3 Å². The molecule has 0 aliphatic rings. The van der Waals surface area contributed by atoms with Crippen LogP contribution in [0.2, 0.25) is 0 Å². The molecule has 0 saturated carbocycles. The Labute approximate surface area is 138 Å². The molecule has 11 heteroatoms. The number of rotatable bonds is 9. The number of hydrogen-bond donors (Lipinski definition) is 5. The Kier molecular flexibility index (Phi) is 9.81. The standard InChI is InChI=1S/C7H15NO3.C6H8O7/c1-8(2,3)5-6(9)4-7(10)11;7-3(8)1-6(13,5(11)12)2-4(9)10/h6,9H,4-5H2,1-3H3;13H,1-2H2,(H,7,8)(H,9,10)(H,11,12)/t6-;/m0./s1. The van der Waals surface area contributed by atoms with Crippen molar-refractivity contribution in [3.8, 4) is 0 Å². The molecule has 24 heavy (non-hydrogen) atoms. The summed E-state index contributed by atoms with van der Waals surface area (Å²) in [7, 11) is 5.66. The number of aliphatic carboxylic acids is 4. The van der Waals surface area contributed by atoms with Gasteiger partial charge in [-0.15, -0.1) is 0 Å². The molecule has 0 amide bonds. The molecule has 0 aliphatic carbocycles. The molecule has 140 valence electrons. The molecular weight excluding hydrogens is 330 g/mol. The van der Waals surface area contributed by atoms with Crippen molar-refractivity contribution in [3.63, 3.8) is 0 Å². The molecule has 5 N–H and O–H groups in total. The predicted molar refractivity (Wildman–Crippen MR) is 75.6 cm³/mol. The molecule has 0 rings (SSSR count). The molecule has 0 aromatic carbocycles. The van der Waals surface area contributed by atoms with Crippen LogP contribution in [0, 0.1) is 0 Å². The van der Waals surface area contributed by atoms with Gasteiger partial charge < -0.3 is 39.9 Å². The zero-order chi connectivity index (χ0) is 19.7. The fraction of sp³-hybridized carbons (Fsp3) is 0.692. The average Bonchev–Trinajstić information content (AvgIpc) is 2.22. The Morgan fingerprint density at radius 3 is 1.58 bits per heavy atom. The fourth-order valence-corrected chi connectivity index (χ4v) is 1.60. The highest BCUT2D eigenvalue weighted by Gasteiger charge is 2.40. The maximum atomic E-state index is 10.3. The van der Waals surface area contributed by atoms with Crippen molar-refractivity contribution in [2.45, 2.75) is 31.0 Å². The second-order valence-corrected chi connectivity index (χ2v) is 6.18. The van der Waals surface area contributed by atoms with E-state index in [4.69, 9.17) is 25.5 Å². The van der Waals surface area contributed by atoms with Gasteiger partial charge in [-0.05, 0) is 0 Å². The van der Waals surface area contributed by atoms with E-state index in [-0.39, 0.29) is 6.42 Å². The lowest BCUT2D eigenvalue weighted by Crippen LogP contribution is -2.43. The van der Waals surface area contributed by atoms with Gasteiger partial charge in [0, 0.05) is 12.4 Å². The minimum atomic E-state index is -2.74. The number of hydrogen-bond acceptors (Lipinski definition) is 7. The minimum absolute atomic E-state index is 0.282. The van der Waals surface area contributed by atoms with Gasteiger partial charge in [0.25, 0.3) is 0 Å². The summed E-state index contributed by atoms with van der Waals surface area (Å²) in [5, 5.41) is 52.9. The Morgan fingerprint density at radius 1 is 1.00 bits per heavy atom. The van der Waals surface area contributed by atoms with Crippen LogP contribution >= 0.6 is 0 Å². The molecule has 0 unspecified atom stereocenters. The smallest absolute Gasteiger partial charge is 0.336 e. The largest absolute Gasteiger partial charge is 0.550 e. The van der Waals surface area contributed by atoms with Gasteiger partial charge in [0.2, 0.25) is 0 Å². The summed E-state index contributed by atoms with van der Waals surface area (Å²) in [6, 6.07) is 0. The molecule has 0 fully saturated rings. The molecule has 0 aromatic rings. The van der Waals surface area contributed by atoms with Crippen molar-refractivity contribution in [3.05, 3.63) is 0 Å². The number of carbonyl (C=O) groups excluding carboxylic acids is 1. The third-order valence-corrected chi connectivity index (χ3v) is 2.45. The first kappa shape index (κ1) is 24.0. The number of nitrogens with zero attached hydrogens (tertiary/aromatic N) is 1. The lowest BCUT2D eigenvalue weighted by Gasteiger charge is -2.26. The van der Waals surface area contributed by atoms with Crippen LogP contribution in [0.1, 0.15) is 19.3 Å². The first-order valence-corrected chi connectivity index (χ1v) is 6.67. The van der Waals surface area contributed by atoms with E-state index in [1.807, 2.05) is 21.1 Å². The SMILES string of the molecule is C[N+](C)(C)C[C@@H](O)CC(=O)[O-].O=C(O)CC(O)(CC(=O)O)C(=O)O. The number of carboxylic acids is 4. The van der Waals surface area contributed by atoms with Crippen LogP contribution in [0.25, 0.3) is 0 Å². The first-order chi connectivity index (χ1) is 10.6. The normalized spacial score (nSPS) is 12.5. The van der Waals surface area contributed by atoms with E-state index in [1.165, 1.54) is 0 Å². The van der Waals surface area contributed by atoms with Crippen molar-refractivity contribution >= 4 is 23.9 Å². The van der Waals surface area contributed by atoms with Crippen LogP contribution in [0.5, 0.6) is 0 Å². The molecule has 11 nitrogen and oxygen atoms in total. The van der Waals surface area contributed by atoms with Gasteiger partial charge in [-0.25, -0.2) is 4.79 Å². The molecule has 0 radical (unpaired) electrons. The summed E-state index contributed by atoms with van der Waals surface area (Å²) in [5.74, 6) is -6.22. The zero-order valence-corrected chi connectivity index (χ0v) is 13.6. The molecule has 0 aliphatic heterocycles. The monoisotopic (exact) mass is 353 g/mol. The molecule has 0 aromatic heterocycles. The van der Waals surface area contributed by atoms with Crippen molar-refractivity contribution in [1.82, 2.24) is 0 Å².